The number of carbonyl (C=O) groups excluding carboxylic acids is 2. The molecule has 9 heteroatoms. The van der Waals surface area contributed by atoms with E-state index in [-0.39, 0.29) is 24.0 Å². The van der Waals surface area contributed by atoms with E-state index in [4.69, 9.17) is 21.1 Å². The largest absolute Gasteiger partial charge is 0.442 e. The lowest BCUT2D eigenvalue weighted by atomic mass is 9.94. The minimum Gasteiger partial charge on any atom is -0.442 e. The predicted octanol–water partition coefficient (Wildman–Crippen LogP) is 3.52. The van der Waals surface area contributed by atoms with Gasteiger partial charge in [-0.25, -0.2) is 4.79 Å². The van der Waals surface area contributed by atoms with Crippen LogP contribution in [-0.4, -0.2) is 68.9 Å². The Hall–Kier alpha value is -2.13. The summed E-state index contributed by atoms with van der Waals surface area (Å²) < 4.78 is 11.5. The van der Waals surface area contributed by atoms with Crippen LogP contribution in [0.4, 0.5) is 10.5 Å². The summed E-state index contributed by atoms with van der Waals surface area (Å²) in [6, 6.07) is 11.7. The van der Waals surface area contributed by atoms with Crippen LogP contribution in [-0.2, 0) is 14.9 Å². The summed E-state index contributed by atoms with van der Waals surface area (Å²) in [6.07, 6.45) is 1.63. The van der Waals surface area contributed by atoms with Crippen LogP contribution in [0.15, 0.2) is 36.4 Å². The zero-order valence-corrected chi connectivity index (χ0v) is 19.3. The molecular weight excluding hydrogens is 450 g/mol. The number of nitrogens with zero attached hydrogens (tertiary/aromatic N) is 2. The number of thiophene rings is 1. The van der Waals surface area contributed by atoms with Crippen LogP contribution in [0.2, 0.25) is 4.34 Å². The zero-order chi connectivity index (χ0) is 22.1. The van der Waals surface area contributed by atoms with Crippen molar-refractivity contribution in [1.82, 2.24) is 10.2 Å². The minimum absolute atomic E-state index is 0.212. The van der Waals surface area contributed by atoms with Crippen LogP contribution < -0.4 is 10.2 Å². The van der Waals surface area contributed by atoms with E-state index in [1.807, 2.05) is 12.1 Å². The number of rotatable bonds is 7. The van der Waals surface area contributed by atoms with E-state index >= 15 is 0 Å². The summed E-state index contributed by atoms with van der Waals surface area (Å²) in [5.41, 5.74) is 2.39. The Kier molecular flexibility index (Phi) is 6.11. The Bertz CT molecular complexity index is 985. The fourth-order valence-corrected chi connectivity index (χ4v) is 5.40. The molecule has 3 fully saturated rings. The van der Waals surface area contributed by atoms with Crippen molar-refractivity contribution in [3.05, 3.63) is 51.2 Å². The maximum Gasteiger partial charge on any atom is 0.414 e. The number of ether oxygens (including phenoxy) is 2. The number of hydrogen-bond donors (Lipinski definition) is 1. The molecule has 2 amide bonds. The van der Waals surface area contributed by atoms with E-state index < -0.39 is 6.10 Å². The first-order chi connectivity index (χ1) is 15.5. The SMILES string of the molecule is O=C(NCC1CN(c2ccc(C3(CN4CCOCC4)CC3)cc2)C(=O)O1)c1ccc(Cl)s1. The molecule has 0 bridgehead atoms. The van der Waals surface area contributed by atoms with Gasteiger partial charge in [-0.05, 0) is 42.7 Å². The number of anilines is 1. The average molecular weight is 476 g/mol. The van der Waals surface area contributed by atoms with Crippen molar-refractivity contribution in [1.29, 1.82) is 0 Å². The summed E-state index contributed by atoms with van der Waals surface area (Å²) in [5, 5.41) is 2.82. The number of cyclic esters (lactones) is 1. The van der Waals surface area contributed by atoms with Crippen LogP contribution in [0.1, 0.15) is 28.1 Å². The molecule has 32 heavy (non-hydrogen) atoms. The Morgan fingerprint density at radius 1 is 1.16 bits per heavy atom. The monoisotopic (exact) mass is 475 g/mol. The first kappa shape index (κ1) is 21.7. The number of hydrogen-bond acceptors (Lipinski definition) is 6. The molecule has 0 radical (unpaired) electrons. The second-order valence-electron chi connectivity index (χ2n) is 8.65. The van der Waals surface area contributed by atoms with Crippen molar-refractivity contribution in [2.75, 3.05) is 50.8 Å². The molecule has 170 valence electrons. The molecule has 1 unspecified atom stereocenters. The molecule has 3 aliphatic rings. The highest BCUT2D eigenvalue weighted by Gasteiger charge is 2.45. The third-order valence-electron chi connectivity index (χ3n) is 6.44. The maximum atomic E-state index is 12.4. The molecule has 1 atom stereocenters. The number of nitrogens with one attached hydrogen (secondary N) is 1. The van der Waals surface area contributed by atoms with Crippen LogP contribution in [0.25, 0.3) is 0 Å². The number of amides is 2. The lowest BCUT2D eigenvalue weighted by molar-refractivity contribution is 0.0336. The van der Waals surface area contributed by atoms with Gasteiger partial charge in [0, 0.05) is 30.7 Å². The molecule has 1 aromatic carbocycles. The lowest BCUT2D eigenvalue weighted by Crippen LogP contribution is -2.41. The van der Waals surface area contributed by atoms with Gasteiger partial charge in [-0.15, -0.1) is 11.3 Å². The fraction of sp³-hybridized carbons (Fsp3) is 0.478. The molecule has 0 spiro atoms. The third kappa shape index (κ3) is 4.64. The van der Waals surface area contributed by atoms with Gasteiger partial charge in [0.15, 0.2) is 0 Å². The van der Waals surface area contributed by atoms with Gasteiger partial charge in [0.05, 0.1) is 35.5 Å². The Balaban J connectivity index is 1.17. The standard InChI is InChI=1S/C23H26ClN3O4S/c24-20-6-5-19(32-20)21(28)25-13-18-14-27(22(29)31-18)17-3-1-16(2-4-17)23(7-8-23)15-26-9-11-30-12-10-26/h1-6,18H,7-15H2,(H,25,28). The van der Waals surface area contributed by atoms with Crippen molar-refractivity contribution in [3.8, 4) is 0 Å². The highest BCUT2D eigenvalue weighted by molar-refractivity contribution is 7.18. The van der Waals surface area contributed by atoms with Crippen LogP contribution in [0.5, 0.6) is 0 Å². The van der Waals surface area contributed by atoms with E-state index in [2.05, 4.69) is 22.3 Å². The Morgan fingerprint density at radius 3 is 2.56 bits per heavy atom. The number of carbonyl (C=O) groups is 2. The van der Waals surface area contributed by atoms with E-state index in [1.54, 1.807) is 17.0 Å². The summed E-state index contributed by atoms with van der Waals surface area (Å²) in [7, 11) is 0. The normalized spacial score (nSPS) is 22.6. The Morgan fingerprint density at radius 2 is 1.91 bits per heavy atom. The topological polar surface area (TPSA) is 71.1 Å². The highest BCUT2D eigenvalue weighted by Crippen LogP contribution is 2.49. The highest BCUT2D eigenvalue weighted by atomic mass is 35.5. The summed E-state index contributed by atoms with van der Waals surface area (Å²) in [5.74, 6) is -0.212. The van der Waals surface area contributed by atoms with Gasteiger partial charge in [0.25, 0.3) is 5.91 Å². The van der Waals surface area contributed by atoms with Crippen molar-refractivity contribution < 1.29 is 19.1 Å². The number of morpholine rings is 1. The number of benzene rings is 1. The fourth-order valence-electron chi connectivity index (χ4n) is 4.44. The van der Waals surface area contributed by atoms with E-state index in [0.717, 1.165) is 38.5 Å². The number of halogens is 1. The molecule has 5 rings (SSSR count). The minimum atomic E-state index is -0.391. The maximum absolute atomic E-state index is 12.4. The second-order valence-corrected chi connectivity index (χ2v) is 10.4. The first-order valence-corrected chi connectivity index (χ1v) is 12.1. The molecule has 1 N–H and O–H groups in total. The van der Waals surface area contributed by atoms with E-state index in [0.29, 0.717) is 15.8 Å². The average Bonchev–Trinajstić information content (AvgIpc) is 3.29. The molecule has 3 heterocycles. The second kappa shape index (κ2) is 9.02. The van der Waals surface area contributed by atoms with Crippen molar-refractivity contribution in [3.63, 3.8) is 0 Å². The van der Waals surface area contributed by atoms with Crippen molar-refractivity contribution >= 4 is 40.6 Å². The molecule has 1 aliphatic carbocycles. The molecular formula is C23H26ClN3O4S. The quantitative estimate of drug-likeness (QED) is 0.663. The zero-order valence-electron chi connectivity index (χ0n) is 17.7. The van der Waals surface area contributed by atoms with Gasteiger partial charge >= 0.3 is 6.09 Å². The first-order valence-electron chi connectivity index (χ1n) is 10.9. The van der Waals surface area contributed by atoms with Gasteiger partial charge in [0.1, 0.15) is 6.10 Å². The molecule has 2 aromatic rings. The van der Waals surface area contributed by atoms with Gasteiger partial charge in [-0.1, -0.05) is 23.7 Å². The molecule has 1 saturated carbocycles. The molecule has 2 saturated heterocycles. The molecule has 7 nitrogen and oxygen atoms in total. The van der Waals surface area contributed by atoms with Gasteiger partial charge in [0.2, 0.25) is 0 Å². The lowest BCUT2D eigenvalue weighted by Gasteiger charge is -2.31. The Labute approximate surface area is 196 Å². The summed E-state index contributed by atoms with van der Waals surface area (Å²) in [6.45, 7) is 5.36. The summed E-state index contributed by atoms with van der Waals surface area (Å²) >= 11 is 7.11. The smallest absolute Gasteiger partial charge is 0.414 e. The van der Waals surface area contributed by atoms with E-state index in [1.165, 1.54) is 29.7 Å². The molecule has 1 aromatic heterocycles. The predicted molar refractivity (Wildman–Crippen MR) is 124 cm³/mol. The van der Waals surface area contributed by atoms with Crippen LogP contribution in [0, 0.1) is 0 Å². The summed E-state index contributed by atoms with van der Waals surface area (Å²) in [4.78, 5) is 29.3. The van der Waals surface area contributed by atoms with Crippen LogP contribution >= 0.6 is 22.9 Å². The van der Waals surface area contributed by atoms with Crippen LogP contribution in [0.3, 0.4) is 0 Å². The van der Waals surface area contributed by atoms with Gasteiger partial charge in [-0.2, -0.15) is 0 Å². The third-order valence-corrected chi connectivity index (χ3v) is 7.67. The molecule has 2 aliphatic heterocycles. The van der Waals surface area contributed by atoms with E-state index in [9.17, 15) is 9.59 Å². The van der Waals surface area contributed by atoms with Gasteiger partial charge in [-0.3, -0.25) is 14.6 Å². The van der Waals surface area contributed by atoms with Crippen molar-refractivity contribution in [2.45, 2.75) is 24.4 Å². The van der Waals surface area contributed by atoms with Gasteiger partial charge < -0.3 is 14.8 Å². The van der Waals surface area contributed by atoms with Crippen molar-refractivity contribution in [2.24, 2.45) is 0 Å².